The maximum Gasteiger partial charge on any atom is 0.243 e. The number of hydrogen-bond donors (Lipinski definition) is 2. The van der Waals surface area contributed by atoms with Crippen molar-refractivity contribution in [1.82, 2.24) is 0 Å². The second-order valence-electron chi connectivity index (χ2n) is 5.80. The number of halogens is 1. The zero-order valence-electron chi connectivity index (χ0n) is 14.3. The molecular weight excluding hydrogens is 348 g/mol. The summed E-state index contributed by atoms with van der Waals surface area (Å²) >= 11 is 5.97. The fourth-order valence-corrected chi connectivity index (χ4v) is 2.54. The van der Waals surface area contributed by atoms with Crippen molar-refractivity contribution < 1.29 is 9.53 Å². The SMILES string of the molecule is Cc1ccc(Cl)cc1NC(=O)CNc1ccc(Oc2ccccc2)cc1. The highest BCUT2D eigenvalue weighted by atomic mass is 35.5. The second-order valence-corrected chi connectivity index (χ2v) is 6.24. The van der Waals surface area contributed by atoms with E-state index in [1.165, 1.54) is 0 Å². The van der Waals surface area contributed by atoms with Crippen LogP contribution < -0.4 is 15.4 Å². The van der Waals surface area contributed by atoms with Gasteiger partial charge in [0.15, 0.2) is 0 Å². The van der Waals surface area contributed by atoms with Gasteiger partial charge in [-0.25, -0.2) is 0 Å². The van der Waals surface area contributed by atoms with E-state index in [1.807, 2.05) is 67.6 Å². The van der Waals surface area contributed by atoms with E-state index >= 15 is 0 Å². The van der Waals surface area contributed by atoms with Crippen LogP contribution >= 0.6 is 11.6 Å². The Morgan fingerprint density at radius 1 is 0.962 bits per heavy atom. The molecule has 0 aliphatic rings. The molecule has 0 heterocycles. The molecule has 3 aromatic rings. The molecule has 3 aromatic carbocycles. The summed E-state index contributed by atoms with van der Waals surface area (Å²) in [5.41, 5.74) is 2.52. The van der Waals surface area contributed by atoms with E-state index in [9.17, 15) is 4.79 Å². The number of benzene rings is 3. The number of carbonyl (C=O) groups is 1. The molecule has 0 spiro atoms. The Balaban J connectivity index is 1.53. The van der Waals surface area contributed by atoms with Gasteiger partial charge >= 0.3 is 0 Å². The van der Waals surface area contributed by atoms with Crippen molar-refractivity contribution in [2.24, 2.45) is 0 Å². The van der Waals surface area contributed by atoms with Gasteiger partial charge in [0.2, 0.25) is 5.91 Å². The summed E-state index contributed by atoms with van der Waals surface area (Å²) in [5.74, 6) is 1.38. The highest BCUT2D eigenvalue weighted by molar-refractivity contribution is 6.31. The van der Waals surface area contributed by atoms with Crippen molar-refractivity contribution >= 4 is 28.9 Å². The maximum absolute atomic E-state index is 12.1. The average Bonchev–Trinajstić information content (AvgIpc) is 2.65. The number of aryl methyl sites for hydroxylation is 1. The van der Waals surface area contributed by atoms with Crippen LogP contribution in [0.2, 0.25) is 5.02 Å². The van der Waals surface area contributed by atoms with Crippen LogP contribution in [0.4, 0.5) is 11.4 Å². The number of ether oxygens (including phenoxy) is 1. The van der Waals surface area contributed by atoms with Crippen LogP contribution in [-0.4, -0.2) is 12.5 Å². The molecule has 2 N–H and O–H groups in total. The molecule has 26 heavy (non-hydrogen) atoms. The number of amides is 1. The number of anilines is 2. The standard InChI is InChI=1S/C21H19ClN2O2/c1-15-7-8-16(22)13-20(15)24-21(25)14-23-17-9-11-19(12-10-17)26-18-5-3-2-4-6-18/h2-13,23H,14H2,1H3,(H,24,25). The van der Waals surface area contributed by atoms with Gasteiger partial charge < -0.3 is 15.4 Å². The van der Waals surface area contributed by atoms with Crippen molar-refractivity contribution in [1.29, 1.82) is 0 Å². The molecule has 0 saturated carbocycles. The molecule has 0 saturated heterocycles. The lowest BCUT2D eigenvalue weighted by atomic mass is 10.2. The summed E-state index contributed by atoms with van der Waals surface area (Å²) < 4.78 is 5.74. The van der Waals surface area contributed by atoms with Crippen LogP contribution in [0.1, 0.15) is 5.56 Å². The fraction of sp³-hybridized carbons (Fsp3) is 0.0952. The van der Waals surface area contributed by atoms with Crippen molar-refractivity contribution in [2.75, 3.05) is 17.2 Å². The Morgan fingerprint density at radius 2 is 1.65 bits per heavy atom. The zero-order valence-corrected chi connectivity index (χ0v) is 15.1. The fourth-order valence-electron chi connectivity index (χ4n) is 2.37. The lowest BCUT2D eigenvalue weighted by Gasteiger charge is -2.11. The van der Waals surface area contributed by atoms with E-state index in [0.717, 1.165) is 28.4 Å². The smallest absolute Gasteiger partial charge is 0.243 e. The van der Waals surface area contributed by atoms with Gasteiger partial charge in [0.05, 0.1) is 6.54 Å². The molecule has 0 aromatic heterocycles. The molecule has 132 valence electrons. The monoisotopic (exact) mass is 366 g/mol. The minimum Gasteiger partial charge on any atom is -0.457 e. The third-order valence-electron chi connectivity index (χ3n) is 3.76. The van der Waals surface area contributed by atoms with Gasteiger partial charge in [-0.2, -0.15) is 0 Å². The highest BCUT2D eigenvalue weighted by Gasteiger charge is 2.06. The molecule has 0 fully saturated rings. The molecule has 0 radical (unpaired) electrons. The van der Waals surface area contributed by atoms with Crippen molar-refractivity contribution in [3.63, 3.8) is 0 Å². The van der Waals surface area contributed by atoms with Crippen LogP contribution in [-0.2, 0) is 4.79 Å². The first-order valence-corrected chi connectivity index (χ1v) is 8.61. The van der Waals surface area contributed by atoms with E-state index in [1.54, 1.807) is 12.1 Å². The van der Waals surface area contributed by atoms with Gasteiger partial charge in [0.1, 0.15) is 11.5 Å². The van der Waals surface area contributed by atoms with Crippen LogP contribution in [0, 0.1) is 6.92 Å². The minimum absolute atomic E-state index is 0.139. The third-order valence-corrected chi connectivity index (χ3v) is 4.00. The largest absolute Gasteiger partial charge is 0.457 e. The van der Waals surface area contributed by atoms with E-state index in [-0.39, 0.29) is 12.5 Å². The summed E-state index contributed by atoms with van der Waals surface area (Å²) in [6, 6.07) is 22.4. The van der Waals surface area contributed by atoms with Crippen LogP contribution in [0.5, 0.6) is 11.5 Å². The van der Waals surface area contributed by atoms with E-state index in [4.69, 9.17) is 16.3 Å². The lowest BCUT2D eigenvalue weighted by molar-refractivity contribution is -0.114. The number of para-hydroxylation sites is 1. The normalized spacial score (nSPS) is 10.2. The predicted molar refractivity (Wildman–Crippen MR) is 106 cm³/mol. The van der Waals surface area contributed by atoms with Gasteiger partial charge in [0, 0.05) is 16.4 Å². The van der Waals surface area contributed by atoms with Gasteiger partial charge in [0.25, 0.3) is 0 Å². The molecule has 0 bridgehead atoms. The van der Waals surface area contributed by atoms with Crippen LogP contribution in [0.25, 0.3) is 0 Å². The topological polar surface area (TPSA) is 50.4 Å². The van der Waals surface area contributed by atoms with Crippen molar-refractivity contribution in [3.8, 4) is 11.5 Å². The van der Waals surface area contributed by atoms with Crippen LogP contribution in [0.15, 0.2) is 72.8 Å². The van der Waals surface area contributed by atoms with Crippen LogP contribution in [0.3, 0.4) is 0 Å². The summed E-state index contributed by atoms with van der Waals surface area (Å²) in [4.78, 5) is 12.1. The molecule has 0 aliphatic carbocycles. The van der Waals surface area contributed by atoms with Gasteiger partial charge in [-0.15, -0.1) is 0 Å². The average molecular weight is 367 g/mol. The van der Waals surface area contributed by atoms with Gasteiger partial charge in [-0.3, -0.25) is 4.79 Å². The molecule has 1 amide bonds. The molecule has 0 unspecified atom stereocenters. The Labute approximate surface area is 157 Å². The minimum atomic E-state index is -0.139. The molecule has 4 nitrogen and oxygen atoms in total. The van der Waals surface area contributed by atoms with Gasteiger partial charge in [-0.1, -0.05) is 35.9 Å². The Kier molecular flexibility index (Phi) is 5.77. The van der Waals surface area contributed by atoms with Gasteiger partial charge in [-0.05, 0) is 61.0 Å². The summed E-state index contributed by atoms with van der Waals surface area (Å²) in [6.07, 6.45) is 0. The summed E-state index contributed by atoms with van der Waals surface area (Å²) in [7, 11) is 0. The van der Waals surface area contributed by atoms with E-state index < -0.39 is 0 Å². The van der Waals surface area contributed by atoms with Crippen molar-refractivity contribution in [2.45, 2.75) is 6.92 Å². The first kappa shape index (κ1) is 17.8. The Morgan fingerprint density at radius 3 is 2.38 bits per heavy atom. The maximum atomic E-state index is 12.1. The summed E-state index contributed by atoms with van der Waals surface area (Å²) in [6.45, 7) is 2.08. The molecule has 0 atom stereocenters. The second kappa shape index (κ2) is 8.41. The molecule has 0 aliphatic heterocycles. The predicted octanol–water partition coefficient (Wildman–Crippen LogP) is 5.49. The number of nitrogens with one attached hydrogen (secondary N) is 2. The molecule has 3 rings (SSSR count). The third kappa shape index (κ3) is 5.01. The number of carbonyl (C=O) groups excluding carboxylic acids is 1. The number of hydrogen-bond acceptors (Lipinski definition) is 3. The Hall–Kier alpha value is -2.98. The first-order valence-electron chi connectivity index (χ1n) is 8.23. The molecule has 5 heteroatoms. The van der Waals surface area contributed by atoms with E-state index in [0.29, 0.717) is 5.02 Å². The highest BCUT2D eigenvalue weighted by Crippen LogP contribution is 2.23. The molecular formula is C21H19ClN2O2. The summed E-state index contributed by atoms with van der Waals surface area (Å²) in [5, 5.41) is 6.53. The lowest BCUT2D eigenvalue weighted by Crippen LogP contribution is -2.22. The number of rotatable bonds is 6. The Bertz CT molecular complexity index is 880. The van der Waals surface area contributed by atoms with E-state index in [2.05, 4.69) is 10.6 Å². The first-order chi connectivity index (χ1) is 12.6. The zero-order chi connectivity index (χ0) is 18.4. The quantitative estimate of drug-likeness (QED) is 0.606. The van der Waals surface area contributed by atoms with Crippen molar-refractivity contribution in [3.05, 3.63) is 83.4 Å².